The average molecular weight is 490 g/mol. The van der Waals surface area contributed by atoms with Crippen LogP contribution in [0.5, 0.6) is 0 Å². The summed E-state index contributed by atoms with van der Waals surface area (Å²) in [4.78, 5) is 20.7. The molecule has 1 saturated heterocycles. The third-order valence-corrected chi connectivity index (χ3v) is 7.26. The zero-order valence-corrected chi connectivity index (χ0v) is 20.5. The molecule has 1 fully saturated rings. The monoisotopic (exact) mass is 489 g/mol. The first-order chi connectivity index (χ1) is 18.2. The first-order valence-corrected chi connectivity index (χ1v) is 12.5. The molecule has 37 heavy (non-hydrogen) atoms. The number of nitrogens with zero attached hydrogens (tertiary/aromatic N) is 5. The van der Waals surface area contributed by atoms with Gasteiger partial charge in [-0.1, -0.05) is 78.9 Å². The summed E-state index contributed by atoms with van der Waals surface area (Å²) in [7, 11) is 0. The number of hydrogen-bond donors (Lipinski definition) is 0. The van der Waals surface area contributed by atoms with Crippen molar-refractivity contribution in [3.63, 3.8) is 0 Å². The summed E-state index contributed by atoms with van der Waals surface area (Å²) in [5, 5.41) is 8.71. The molecule has 1 aliphatic heterocycles. The molecule has 0 N–H and O–H groups in total. The number of likely N-dealkylation sites (tertiary alicyclic amines) is 1. The molecule has 1 amide bonds. The molecule has 2 aromatic heterocycles. The van der Waals surface area contributed by atoms with Gasteiger partial charge in [0.2, 0.25) is 6.41 Å². The molecule has 3 aromatic carbocycles. The van der Waals surface area contributed by atoms with Crippen molar-refractivity contribution in [1.29, 1.82) is 0 Å². The summed E-state index contributed by atoms with van der Waals surface area (Å²) < 4.78 is 6.53. The van der Waals surface area contributed by atoms with E-state index >= 15 is 0 Å². The molecule has 7 heteroatoms. The van der Waals surface area contributed by atoms with Crippen LogP contribution >= 0.6 is 0 Å². The highest BCUT2D eigenvalue weighted by molar-refractivity contribution is 5.76. The number of carbonyl (C=O) groups excluding carboxylic acids is 1. The Balaban J connectivity index is 1.42. The molecule has 1 aliphatic rings. The van der Waals surface area contributed by atoms with Gasteiger partial charge in [-0.3, -0.25) is 4.79 Å². The topological polar surface area (TPSA) is 77.1 Å². The second-order valence-corrected chi connectivity index (χ2v) is 9.42. The van der Waals surface area contributed by atoms with Crippen LogP contribution in [0.3, 0.4) is 0 Å². The summed E-state index contributed by atoms with van der Waals surface area (Å²) >= 11 is 0. The minimum Gasteiger partial charge on any atom is -0.440 e. The summed E-state index contributed by atoms with van der Waals surface area (Å²) in [5.74, 6) is 1.38. The van der Waals surface area contributed by atoms with Crippen molar-refractivity contribution >= 4 is 6.41 Å². The number of piperidine rings is 1. The lowest BCUT2D eigenvalue weighted by molar-refractivity contribution is -0.122. The lowest BCUT2D eigenvalue weighted by atomic mass is 9.79. The van der Waals surface area contributed by atoms with E-state index in [1.807, 2.05) is 83.8 Å². The number of rotatable bonds is 6. The lowest BCUT2D eigenvalue weighted by Gasteiger charge is -2.41. The number of para-hydroxylation sites is 1. The number of carbonyl (C=O) groups is 1. The SMILES string of the molecule is C[C@@H]1C(c2ccccc2-n2nccn2)C[C@@H](c2nc(-c3ccccc3)c(-c3ccccc3)o2)CN1C=O. The molecule has 6 rings (SSSR count). The van der Waals surface area contributed by atoms with Crippen LogP contribution in [0.25, 0.3) is 28.3 Å². The Morgan fingerprint density at radius 1 is 0.865 bits per heavy atom. The molecule has 0 bridgehead atoms. The van der Waals surface area contributed by atoms with Gasteiger partial charge in [-0.15, -0.1) is 0 Å². The fourth-order valence-corrected chi connectivity index (χ4v) is 5.35. The van der Waals surface area contributed by atoms with Gasteiger partial charge in [0.15, 0.2) is 11.7 Å². The molecule has 184 valence electrons. The van der Waals surface area contributed by atoms with Crippen LogP contribution in [-0.2, 0) is 4.79 Å². The van der Waals surface area contributed by atoms with Gasteiger partial charge in [0.25, 0.3) is 0 Å². The molecule has 3 heterocycles. The number of aromatic nitrogens is 4. The molecular weight excluding hydrogens is 462 g/mol. The first kappa shape index (κ1) is 22.9. The smallest absolute Gasteiger partial charge is 0.209 e. The maximum atomic E-state index is 12.2. The van der Waals surface area contributed by atoms with Crippen molar-refractivity contribution in [3.05, 3.63) is 109 Å². The van der Waals surface area contributed by atoms with Crippen molar-refractivity contribution in [3.8, 4) is 28.3 Å². The predicted molar refractivity (Wildman–Crippen MR) is 141 cm³/mol. The zero-order valence-electron chi connectivity index (χ0n) is 20.5. The quantitative estimate of drug-likeness (QED) is 0.286. The molecule has 3 atom stereocenters. The second-order valence-electron chi connectivity index (χ2n) is 9.42. The highest BCUT2D eigenvalue weighted by Crippen LogP contribution is 2.43. The van der Waals surface area contributed by atoms with Crippen molar-refractivity contribution in [2.75, 3.05) is 6.54 Å². The van der Waals surface area contributed by atoms with E-state index in [4.69, 9.17) is 9.40 Å². The van der Waals surface area contributed by atoms with Gasteiger partial charge >= 0.3 is 0 Å². The summed E-state index contributed by atoms with van der Waals surface area (Å²) in [5.41, 5.74) is 4.80. The molecule has 7 nitrogen and oxygen atoms in total. The van der Waals surface area contributed by atoms with E-state index in [9.17, 15) is 4.79 Å². The van der Waals surface area contributed by atoms with E-state index in [0.29, 0.717) is 12.4 Å². The van der Waals surface area contributed by atoms with Crippen molar-refractivity contribution < 1.29 is 9.21 Å². The molecule has 0 radical (unpaired) electrons. The van der Waals surface area contributed by atoms with E-state index in [0.717, 1.165) is 46.7 Å². The number of amides is 1. The fraction of sp³-hybridized carbons (Fsp3) is 0.200. The third kappa shape index (κ3) is 4.33. The van der Waals surface area contributed by atoms with Crippen LogP contribution in [0.2, 0.25) is 0 Å². The van der Waals surface area contributed by atoms with E-state index in [-0.39, 0.29) is 17.9 Å². The maximum Gasteiger partial charge on any atom is 0.209 e. The lowest BCUT2D eigenvalue weighted by Crippen LogP contribution is -2.44. The van der Waals surface area contributed by atoms with Crippen LogP contribution in [-0.4, -0.2) is 43.9 Å². The Morgan fingerprint density at radius 3 is 2.22 bits per heavy atom. The van der Waals surface area contributed by atoms with Crippen LogP contribution in [0, 0.1) is 0 Å². The Labute approximate surface area is 215 Å². The maximum absolute atomic E-state index is 12.2. The Bertz CT molecular complexity index is 1420. The van der Waals surface area contributed by atoms with Crippen LogP contribution in [0.15, 0.2) is 102 Å². The highest BCUT2D eigenvalue weighted by Gasteiger charge is 2.38. The van der Waals surface area contributed by atoms with Crippen molar-refractivity contribution in [2.24, 2.45) is 0 Å². The minimum absolute atomic E-state index is 0.00242. The van der Waals surface area contributed by atoms with E-state index in [1.54, 1.807) is 17.2 Å². The third-order valence-electron chi connectivity index (χ3n) is 7.26. The van der Waals surface area contributed by atoms with Crippen molar-refractivity contribution in [1.82, 2.24) is 24.9 Å². The normalized spacial score (nSPS) is 19.6. The highest BCUT2D eigenvalue weighted by atomic mass is 16.4. The largest absolute Gasteiger partial charge is 0.440 e. The van der Waals surface area contributed by atoms with Gasteiger partial charge in [0.05, 0.1) is 24.0 Å². The Kier molecular flexibility index (Phi) is 6.10. The standard InChI is InChI=1S/C30H27N5O2/c1-21-26(25-14-8-9-15-27(25)35-31-16-17-32-35)18-24(19-34(21)20-36)30-33-28(22-10-4-2-5-11-22)29(37-30)23-12-6-3-7-13-23/h2-17,20-21,24,26H,18-19H2,1H3/t21-,24-,26?/m1/s1. The average Bonchev–Trinajstić information content (AvgIpc) is 3.65. The van der Waals surface area contributed by atoms with Gasteiger partial charge in [-0.25, -0.2) is 4.98 Å². The molecule has 0 saturated carbocycles. The fourth-order valence-electron chi connectivity index (χ4n) is 5.35. The van der Waals surface area contributed by atoms with Gasteiger partial charge < -0.3 is 9.32 Å². The van der Waals surface area contributed by atoms with E-state index < -0.39 is 0 Å². The Hall–Kier alpha value is -4.52. The summed E-state index contributed by atoms with van der Waals surface area (Å²) in [6.45, 7) is 2.65. The molecule has 5 aromatic rings. The Morgan fingerprint density at radius 2 is 1.51 bits per heavy atom. The summed E-state index contributed by atoms with van der Waals surface area (Å²) in [6.07, 6.45) is 5.07. The van der Waals surface area contributed by atoms with Crippen LogP contribution < -0.4 is 0 Å². The predicted octanol–water partition coefficient (Wildman–Crippen LogP) is 5.71. The summed E-state index contributed by atoms with van der Waals surface area (Å²) in [6, 6.07) is 28.3. The molecule has 0 aliphatic carbocycles. The van der Waals surface area contributed by atoms with Gasteiger partial charge in [0.1, 0.15) is 5.69 Å². The van der Waals surface area contributed by atoms with Gasteiger partial charge in [-0.2, -0.15) is 15.0 Å². The van der Waals surface area contributed by atoms with E-state index in [1.165, 1.54) is 0 Å². The minimum atomic E-state index is -0.0649. The van der Waals surface area contributed by atoms with Crippen LogP contribution in [0.4, 0.5) is 0 Å². The number of oxazole rings is 1. The van der Waals surface area contributed by atoms with Gasteiger partial charge in [-0.05, 0) is 25.0 Å². The van der Waals surface area contributed by atoms with Crippen LogP contribution in [0.1, 0.15) is 36.6 Å². The van der Waals surface area contributed by atoms with Gasteiger partial charge in [0, 0.05) is 29.6 Å². The first-order valence-electron chi connectivity index (χ1n) is 12.5. The molecule has 0 spiro atoms. The molecular formula is C30H27N5O2. The second kappa shape index (κ2) is 9.85. The van der Waals surface area contributed by atoms with Crippen molar-refractivity contribution in [2.45, 2.75) is 31.2 Å². The molecule has 1 unspecified atom stereocenters. The number of hydrogen-bond acceptors (Lipinski definition) is 5. The van der Waals surface area contributed by atoms with E-state index in [2.05, 4.69) is 23.2 Å². The zero-order chi connectivity index (χ0) is 25.2. The number of benzene rings is 3.